The SMILES string of the molecule is Cc1cccc(CN(C)C(=O)c2cc(Cl)c(C(=O)N[C@@H](CNC(N)=O)C(=O)OCc3ccccc3)c(Cl)c2)c1. The molecule has 0 heterocycles. The Labute approximate surface area is 236 Å². The summed E-state index contributed by atoms with van der Waals surface area (Å²) in [6.07, 6.45) is 0. The molecule has 0 aliphatic carbocycles. The number of halogens is 2. The standard InChI is InChI=1S/C28H28Cl2N4O5/c1-17-7-6-10-19(11-17)15-34(2)26(36)20-12-21(29)24(22(30)13-20)25(35)33-23(14-32-28(31)38)27(37)39-16-18-8-4-3-5-9-18/h3-13,23H,14-16H2,1-2H3,(H,33,35)(H3,31,32,38)/t23-/m0/s1. The van der Waals surface area contributed by atoms with Crippen molar-refractivity contribution in [2.75, 3.05) is 13.6 Å². The molecule has 3 aromatic rings. The molecule has 0 saturated heterocycles. The fraction of sp³-hybridized carbons (Fsp3) is 0.214. The molecule has 204 valence electrons. The highest BCUT2D eigenvalue weighted by atomic mass is 35.5. The van der Waals surface area contributed by atoms with Crippen LogP contribution < -0.4 is 16.4 Å². The van der Waals surface area contributed by atoms with Gasteiger partial charge in [-0.3, -0.25) is 9.59 Å². The van der Waals surface area contributed by atoms with Crippen LogP contribution in [0, 0.1) is 6.92 Å². The quantitative estimate of drug-likeness (QED) is 0.316. The van der Waals surface area contributed by atoms with E-state index in [9.17, 15) is 19.2 Å². The minimum atomic E-state index is -1.29. The molecule has 0 radical (unpaired) electrons. The zero-order valence-corrected chi connectivity index (χ0v) is 22.9. The minimum Gasteiger partial charge on any atom is -0.459 e. The highest BCUT2D eigenvalue weighted by Gasteiger charge is 2.27. The number of urea groups is 1. The van der Waals surface area contributed by atoms with Crippen LogP contribution in [0.3, 0.4) is 0 Å². The van der Waals surface area contributed by atoms with E-state index in [1.54, 1.807) is 31.3 Å². The highest BCUT2D eigenvalue weighted by Crippen LogP contribution is 2.28. The van der Waals surface area contributed by atoms with Crippen LogP contribution in [0.4, 0.5) is 4.79 Å². The second kappa shape index (κ2) is 13.6. The molecule has 4 amide bonds. The van der Waals surface area contributed by atoms with Crippen molar-refractivity contribution in [2.45, 2.75) is 26.1 Å². The van der Waals surface area contributed by atoms with E-state index in [2.05, 4.69) is 10.6 Å². The lowest BCUT2D eigenvalue weighted by atomic mass is 10.1. The third-order valence-electron chi connectivity index (χ3n) is 5.66. The summed E-state index contributed by atoms with van der Waals surface area (Å²) in [5.41, 5.74) is 7.93. The van der Waals surface area contributed by atoms with Crippen LogP contribution in [0.2, 0.25) is 10.0 Å². The number of ether oxygens (including phenoxy) is 1. The van der Waals surface area contributed by atoms with Gasteiger partial charge in [0.15, 0.2) is 0 Å². The van der Waals surface area contributed by atoms with Gasteiger partial charge in [-0.05, 0) is 30.2 Å². The van der Waals surface area contributed by atoms with Crippen LogP contribution in [-0.4, -0.2) is 48.3 Å². The fourth-order valence-corrected chi connectivity index (χ4v) is 4.40. The fourth-order valence-electron chi connectivity index (χ4n) is 3.75. The summed E-state index contributed by atoms with van der Waals surface area (Å²) in [6.45, 7) is 1.95. The average molecular weight is 571 g/mol. The Balaban J connectivity index is 1.73. The molecule has 0 saturated carbocycles. The predicted octanol–water partition coefficient (Wildman–Crippen LogP) is 4.08. The molecule has 0 fully saturated rings. The van der Waals surface area contributed by atoms with Crippen LogP contribution in [0.1, 0.15) is 37.4 Å². The van der Waals surface area contributed by atoms with Gasteiger partial charge >= 0.3 is 12.0 Å². The van der Waals surface area contributed by atoms with Crippen molar-refractivity contribution in [1.82, 2.24) is 15.5 Å². The Bertz CT molecular complexity index is 1340. The lowest BCUT2D eigenvalue weighted by molar-refractivity contribution is -0.147. The minimum absolute atomic E-state index is 0.0446. The van der Waals surface area contributed by atoms with Crippen LogP contribution >= 0.6 is 23.2 Å². The maximum Gasteiger partial charge on any atom is 0.330 e. The van der Waals surface area contributed by atoms with E-state index in [-0.39, 0.29) is 40.2 Å². The molecule has 0 unspecified atom stereocenters. The molecule has 11 heteroatoms. The Kier molecular flexibility index (Phi) is 10.3. The van der Waals surface area contributed by atoms with Crippen LogP contribution in [0.25, 0.3) is 0 Å². The number of esters is 1. The maximum atomic E-state index is 13.1. The van der Waals surface area contributed by atoms with Crippen molar-refractivity contribution in [2.24, 2.45) is 5.73 Å². The van der Waals surface area contributed by atoms with Gasteiger partial charge in [0.05, 0.1) is 22.2 Å². The number of benzene rings is 3. The van der Waals surface area contributed by atoms with Gasteiger partial charge in [-0.15, -0.1) is 0 Å². The van der Waals surface area contributed by atoms with E-state index < -0.39 is 23.9 Å². The summed E-state index contributed by atoms with van der Waals surface area (Å²) in [6, 6.07) is 17.2. The van der Waals surface area contributed by atoms with Gasteiger partial charge in [0.2, 0.25) is 0 Å². The maximum absolute atomic E-state index is 13.1. The second-order valence-corrected chi connectivity index (χ2v) is 9.64. The molecule has 0 spiro atoms. The van der Waals surface area contributed by atoms with Crippen molar-refractivity contribution >= 4 is 47.0 Å². The number of nitrogens with two attached hydrogens (primary N) is 1. The average Bonchev–Trinajstić information content (AvgIpc) is 2.89. The molecule has 3 aromatic carbocycles. The lowest BCUT2D eigenvalue weighted by Crippen LogP contribution is -2.50. The largest absolute Gasteiger partial charge is 0.459 e. The van der Waals surface area contributed by atoms with E-state index in [4.69, 9.17) is 33.7 Å². The molecule has 3 rings (SSSR count). The normalized spacial score (nSPS) is 11.3. The van der Waals surface area contributed by atoms with Crippen molar-refractivity contribution < 1.29 is 23.9 Å². The van der Waals surface area contributed by atoms with Gasteiger partial charge < -0.3 is 26.0 Å². The molecule has 39 heavy (non-hydrogen) atoms. The van der Waals surface area contributed by atoms with E-state index in [0.717, 1.165) is 16.7 Å². The summed E-state index contributed by atoms with van der Waals surface area (Å²) < 4.78 is 5.29. The second-order valence-electron chi connectivity index (χ2n) is 8.83. The predicted molar refractivity (Wildman–Crippen MR) is 149 cm³/mol. The van der Waals surface area contributed by atoms with Gasteiger partial charge in [0.1, 0.15) is 12.6 Å². The first kappa shape index (κ1) is 29.5. The summed E-state index contributed by atoms with van der Waals surface area (Å²) >= 11 is 12.7. The number of carbonyl (C=O) groups excluding carboxylic acids is 4. The van der Waals surface area contributed by atoms with Gasteiger partial charge in [0.25, 0.3) is 11.8 Å². The Morgan fingerprint density at radius 1 is 0.949 bits per heavy atom. The topological polar surface area (TPSA) is 131 Å². The monoisotopic (exact) mass is 570 g/mol. The molecule has 0 aliphatic rings. The lowest BCUT2D eigenvalue weighted by Gasteiger charge is -2.20. The summed E-state index contributed by atoms with van der Waals surface area (Å²) in [4.78, 5) is 51.5. The molecule has 0 bridgehead atoms. The van der Waals surface area contributed by atoms with E-state index in [1.165, 1.54) is 17.0 Å². The van der Waals surface area contributed by atoms with Crippen LogP contribution in [-0.2, 0) is 22.7 Å². The van der Waals surface area contributed by atoms with Gasteiger partial charge in [-0.2, -0.15) is 0 Å². The Morgan fingerprint density at radius 2 is 1.59 bits per heavy atom. The number of primary amides is 1. The van der Waals surface area contributed by atoms with E-state index in [1.807, 2.05) is 37.3 Å². The van der Waals surface area contributed by atoms with Crippen LogP contribution in [0.5, 0.6) is 0 Å². The van der Waals surface area contributed by atoms with Crippen molar-refractivity contribution in [1.29, 1.82) is 0 Å². The molecule has 9 nitrogen and oxygen atoms in total. The summed E-state index contributed by atoms with van der Waals surface area (Å²) in [5, 5.41) is 4.56. The number of rotatable bonds is 10. The first-order chi connectivity index (χ1) is 18.5. The first-order valence-electron chi connectivity index (χ1n) is 11.9. The molecule has 4 N–H and O–H groups in total. The summed E-state index contributed by atoms with van der Waals surface area (Å²) in [7, 11) is 1.64. The van der Waals surface area contributed by atoms with Gasteiger partial charge in [0, 0.05) is 19.2 Å². The zero-order chi connectivity index (χ0) is 28.5. The number of carbonyl (C=O) groups is 4. The van der Waals surface area contributed by atoms with E-state index in [0.29, 0.717) is 6.54 Å². The number of hydrogen-bond acceptors (Lipinski definition) is 5. The molecular weight excluding hydrogens is 543 g/mol. The first-order valence-corrected chi connectivity index (χ1v) is 12.7. The zero-order valence-electron chi connectivity index (χ0n) is 21.4. The number of nitrogens with zero attached hydrogens (tertiary/aromatic N) is 1. The third kappa shape index (κ3) is 8.46. The van der Waals surface area contributed by atoms with Crippen molar-refractivity contribution in [3.8, 4) is 0 Å². The molecule has 0 aliphatic heterocycles. The molecule has 1 atom stereocenters. The van der Waals surface area contributed by atoms with Crippen molar-refractivity contribution in [3.05, 3.63) is 105 Å². The number of aryl methyl sites for hydroxylation is 1. The summed E-state index contributed by atoms with van der Waals surface area (Å²) in [5.74, 6) is -1.96. The smallest absolute Gasteiger partial charge is 0.330 e. The van der Waals surface area contributed by atoms with Gasteiger partial charge in [-0.25, -0.2) is 9.59 Å². The van der Waals surface area contributed by atoms with E-state index >= 15 is 0 Å². The third-order valence-corrected chi connectivity index (χ3v) is 6.26. The number of nitrogens with one attached hydrogen (secondary N) is 2. The number of amides is 4. The Hall–Kier alpha value is -4.08. The van der Waals surface area contributed by atoms with Crippen LogP contribution in [0.15, 0.2) is 66.7 Å². The Morgan fingerprint density at radius 3 is 2.21 bits per heavy atom. The molecule has 0 aromatic heterocycles. The molecular formula is C28H28Cl2N4O5. The van der Waals surface area contributed by atoms with Crippen molar-refractivity contribution in [3.63, 3.8) is 0 Å². The number of hydrogen-bond donors (Lipinski definition) is 3. The van der Waals surface area contributed by atoms with Gasteiger partial charge in [-0.1, -0.05) is 83.4 Å². The highest BCUT2D eigenvalue weighted by molar-refractivity contribution is 6.40.